The van der Waals surface area contributed by atoms with Crippen LogP contribution in [0.3, 0.4) is 0 Å². The van der Waals surface area contributed by atoms with Crippen molar-refractivity contribution in [3.63, 3.8) is 0 Å². The zero-order chi connectivity index (χ0) is 12.3. The first-order chi connectivity index (χ1) is 8.20. The summed E-state index contributed by atoms with van der Waals surface area (Å²) in [4.78, 5) is 14.8. The Morgan fingerprint density at radius 2 is 2.18 bits per heavy atom. The van der Waals surface area contributed by atoms with Gasteiger partial charge < -0.3 is 14.6 Å². The van der Waals surface area contributed by atoms with Gasteiger partial charge in [-0.15, -0.1) is 11.3 Å². The fourth-order valence-electron chi connectivity index (χ4n) is 1.23. The summed E-state index contributed by atoms with van der Waals surface area (Å²) in [5.74, 6) is 0.161. The van der Waals surface area contributed by atoms with E-state index in [1.165, 1.54) is 5.51 Å². The molecule has 0 saturated heterocycles. The number of carboxylic acid groups (broad SMARTS) is 1. The van der Waals surface area contributed by atoms with E-state index in [2.05, 4.69) is 4.98 Å². The molecule has 0 unspecified atom stereocenters. The van der Waals surface area contributed by atoms with Gasteiger partial charge in [0.25, 0.3) is 0 Å². The molecule has 0 radical (unpaired) electrons. The predicted octanol–water partition coefficient (Wildman–Crippen LogP) is 2.64. The zero-order valence-corrected chi connectivity index (χ0v) is 9.73. The second-order valence-electron chi connectivity index (χ2n) is 3.07. The number of carbonyl (C=O) groups is 1. The maximum Gasteiger partial charge on any atom is 0.351 e. The van der Waals surface area contributed by atoms with Crippen LogP contribution in [0.15, 0.2) is 29.8 Å². The lowest BCUT2D eigenvalue weighted by molar-refractivity contribution is 0.0699. The summed E-state index contributed by atoms with van der Waals surface area (Å²) in [7, 11) is 1.55. The third kappa shape index (κ3) is 2.54. The molecule has 1 heterocycles. The molecule has 6 heteroatoms. The summed E-state index contributed by atoms with van der Waals surface area (Å²) in [5.41, 5.74) is 1.43. The molecule has 0 saturated carbocycles. The number of ether oxygens (including phenoxy) is 2. The van der Waals surface area contributed by atoms with Gasteiger partial charge in [0.2, 0.25) is 5.88 Å². The van der Waals surface area contributed by atoms with Crippen molar-refractivity contribution in [1.82, 2.24) is 4.98 Å². The zero-order valence-electron chi connectivity index (χ0n) is 8.91. The molecule has 0 aliphatic carbocycles. The molecule has 88 valence electrons. The highest BCUT2D eigenvalue weighted by Crippen LogP contribution is 2.28. The summed E-state index contributed by atoms with van der Waals surface area (Å²) in [6.07, 6.45) is 0. The number of hydrogen-bond donors (Lipinski definition) is 1. The highest BCUT2D eigenvalue weighted by molar-refractivity contribution is 7.12. The smallest absolute Gasteiger partial charge is 0.351 e. The average molecular weight is 251 g/mol. The molecule has 0 atom stereocenters. The Bertz CT molecular complexity index is 538. The van der Waals surface area contributed by atoms with Gasteiger partial charge in [-0.05, 0) is 12.1 Å². The van der Waals surface area contributed by atoms with Crippen LogP contribution in [-0.2, 0) is 0 Å². The van der Waals surface area contributed by atoms with Gasteiger partial charge in [0, 0.05) is 6.07 Å². The van der Waals surface area contributed by atoms with E-state index in [4.69, 9.17) is 14.6 Å². The van der Waals surface area contributed by atoms with Crippen molar-refractivity contribution in [3.05, 3.63) is 34.7 Å². The number of aromatic nitrogens is 1. The van der Waals surface area contributed by atoms with Crippen molar-refractivity contribution in [1.29, 1.82) is 0 Å². The van der Waals surface area contributed by atoms with E-state index >= 15 is 0 Å². The first-order valence-electron chi connectivity index (χ1n) is 4.69. The van der Waals surface area contributed by atoms with E-state index in [-0.39, 0.29) is 10.8 Å². The van der Waals surface area contributed by atoms with Gasteiger partial charge in [-0.2, -0.15) is 0 Å². The summed E-state index contributed by atoms with van der Waals surface area (Å²) in [6, 6.07) is 6.88. The quantitative estimate of drug-likeness (QED) is 0.904. The van der Waals surface area contributed by atoms with Crippen LogP contribution >= 0.6 is 11.3 Å². The Hall–Kier alpha value is -2.08. The SMILES string of the molecule is COc1cccc(Oc2ncsc2C(=O)O)c1. The van der Waals surface area contributed by atoms with E-state index in [1.54, 1.807) is 31.4 Å². The molecule has 1 N–H and O–H groups in total. The molecule has 0 aliphatic heterocycles. The summed E-state index contributed by atoms with van der Waals surface area (Å²) in [6.45, 7) is 0. The largest absolute Gasteiger partial charge is 0.497 e. The van der Waals surface area contributed by atoms with Crippen LogP contribution in [0.1, 0.15) is 9.67 Å². The Morgan fingerprint density at radius 1 is 1.41 bits per heavy atom. The highest BCUT2D eigenvalue weighted by atomic mass is 32.1. The number of carboxylic acids is 1. The number of nitrogens with zero attached hydrogens (tertiary/aromatic N) is 1. The van der Waals surface area contributed by atoms with Crippen molar-refractivity contribution < 1.29 is 19.4 Å². The lowest BCUT2D eigenvalue weighted by Crippen LogP contribution is -1.96. The fourth-order valence-corrected chi connectivity index (χ4v) is 1.78. The number of hydrogen-bond acceptors (Lipinski definition) is 5. The van der Waals surface area contributed by atoms with Crippen LogP contribution in [-0.4, -0.2) is 23.2 Å². The van der Waals surface area contributed by atoms with Gasteiger partial charge in [-0.3, -0.25) is 0 Å². The third-order valence-electron chi connectivity index (χ3n) is 1.98. The van der Waals surface area contributed by atoms with E-state index in [9.17, 15) is 4.79 Å². The normalized spacial score (nSPS) is 9.94. The first-order valence-corrected chi connectivity index (χ1v) is 5.57. The Morgan fingerprint density at radius 3 is 2.88 bits per heavy atom. The molecule has 5 nitrogen and oxygen atoms in total. The van der Waals surface area contributed by atoms with Gasteiger partial charge in [0.05, 0.1) is 12.6 Å². The molecular weight excluding hydrogens is 242 g/mol. The van der Waals surface area contributed by atoms with Crippen molar-refractivity contribution in [2.24, 2.45) is 0 Å². The summed E-state index contributed by atoms with van der Waals surface area (Å²) in [5, 5.41) is 8.90. The minimum Gasteiger partial charge on any atom is -0.497 e. The van der Waals surface area contributed by atoms with Gasteiger partial charge in [0.15, 0.2) is 4.88 Å². The number of benzene rings is 1. The molecule has 0 fully saturated rings. The third-order valence-corrected chi connectivity index (χ3v) is 2.78. The maximum absolute atomic E-state index is 10.9. The van der Waals surface area contributed by atoms with Crippen molar-refractivity contribution in [2.45, 2.75) is 0 Å². The predicted molar refractivity (Wildman–Crippen MR) is 62.1 cm³/mol. The maximum atomic E-state index is 10.9. The summed E-state index contributed by atoms with van der Waals surface area (Å²) >= 11 is 1.02. The van der Waals surface area contributed by atoms with Gasteiger partial charge >= 0.3 is 5.97 Å². The topological polar surface area (TPSA) is 68.7 Å². The number of thiazole rings is 1. The highest BCUT2D eigenvalue weighted by Gasteiger charge is 2.15. The molecule has 0 spiro atoms. The lowest BCUT2D eigenvalue weighted by atomic mass is 10.3. The average Bonchev–Trinajstić information content (AvgIpc) is 2.77. The van der Waals surface area contributed by atoms with E-state index in [0.29, 0.717) is 11.5 Å². The molecule has 2 rings (SSSR count). The van der Waals surface area contributed by atoms with Crippen LogP contribution in [0.2, 0.25) is 0 Å². The molecule has 2 aromatic rings. The Balaban J connectivity index is 2.25. The van der Waals surface area contributed by atoms with Crippen LogP contribution in [0.25, 0.3) is 0 Å². The van der Waals surface area contributed by atoms with Gasteiger partial charge in [-0.1, -0.05) is 6.07 Å². The van der Waals surface area contributed by atoms with Crippen LogP contribution < -0.4 is 9.47 Å². The van der Waals surface area contributed by atoms with Gasteiger partial charge in [0.1, 0.15) is 11.5 Å². The minimum absolute atomic E-state index is 0.0767. The van der Waals surface area contributed by atoms with Crippen molar-refractivity contribution >= 4 is 17.3 Å². The molecule has 1 aromatic heterocycles. The molecule has 1 aromatic carbocycles. The van der Waals surface area contributed by atoms with Crippen molar-refractivity contribution in [2.75, 3.05) is 7.11 Å². The van der Waals surface area contributed by atoms with E-state index in [1.807, 2.05) is 0 Å². The Kier molecular flexibility index (Phi) is 3.24. The van der Waals surface area contributed by atoms with E-state index < -0.39 is 5.97 Å². The minimum atomic E-state index is -1.05. The lowest BCUT2D eigenvalue weighted by Gasteiger charge is -2.05. The monoisotopic (exact) mass is 251 g/mol. The molecule has 0 bridgehead atoms. The molecule has 0 amide bonds. The molecule has 17 heavy (non-hydrogen) atoms. The number of aromatic carboxylic acids is 1. The first kappa shape index (κ1) is 11.4. The standard InChI is InChI=1S/C11H9NO4S/c1-15-7-3-2-4-8(5-7)16-10-9(11(13)14)17-6-12-10/h2-6H,1H3,(H,13,14). The second kappa shape index (κ2) is 4.84. The number of rotatable bonds is 4. The van der Waals surface area contributed by atoms with Crippen LogP contribution in [0, 0.1) is 0 Å². The van der Waals surface area contributed by atoms with Crippen LogP contribution in [0.5, 0.6) is 17.4 Å². The molecular formula is C11H9NO4S. The van der Waals surface area contributed by atoms with Crippen molar-refractivity contribution in [3.8, 4) is 17.4 Å². The number of methoxy groups -OCH3 is 1. The summed E-state index contributed by atoms with van der Waals surface area (Å²) < 4.78 is 10.4. The molecule has 0 aliphatic rings. The van der Waals surface area contributed by atoms with E-state index in [0.717, 1.165) is 11.3 Å². The fraction of sp³-hybridized carbons (Fsp3) is 0.0909. The second-order valence-corrected chi connectivity index (χ2v) is 3.93. The van der Waals surface area contributed by atoms with Gasteiger partial charge in [-0.25, -0.2) is 9.78 Å². The van der Waals surface area contributed by atoms with Crippen LogP contribution in [0.4, 0.5) is 0 Å². The Labute approximate surface area is 101 Å².